The molecule has 1 aromatic heterocycles. The van der Waals surface area contributed by atoms with Gasteiger partial charge in [-0.25, -0.2) is 13.1 Å². The topological polar surface area (TPSA) is 101 Å². The zero-order chi connectivity index (χ0) is 15.3. The number of thiophene rings is 1. The molecule has 0 amide bonds. The van der Waals surface area contributed by atoms with E-state index in [1.165, 1.54) is 12.1 Å². The van der Waals surface area contributed by atoms with Gasteiger partial charge in [0.1, 0.15) is 4.21 Å². The molecule has 0 saturated carbocycles. The highest BCUT2D eigenvalue weighted by Crippen LogP contribution is 2.22. The molecule has 0 spiro atoms. The van der Waals surface area contributed by atoms with Crippen molar-refractivity contribution in [2.24, 2.45) is 0 Å². The van der Waals surface area contributed by atoms with E-state index in [-0.39, 0.29) is 16.7 Å². The van der Waals surface area contributed by atoms with Crippen molar-refractivity contribution in [1.82, 2.24) is 4.72 Å². The molecule has 1 heterocycles. The number of aliphatic carboxylic acids is 1. The smallest absolute Gasteiger partial charge is 0.308 e. The van der Waals surface area contributed by atoms with Gasteiger partial charge in [0.15, 0.2) is 0 Å². The first-order valence-corrected chi connectivity index (χ1v) is 9.86. The van der Waals surface area contributed by atoms with Crippen LogP contribution in [0.3, 0.4) is 0 Å². The minimum Gasteiger partial charge on any atom is -0.481 e. The monoisotopic (exact) mass is 339 g/mol. The second-order valence-electron chi connectivity index (χ2n) is 4.38. The minimum atomic E-state index is -3.65. The average Bonchev–Trinajstić information content (AvgIpc) is 2.74. The number of nitrogens with one attached hydrogen (secondary N) is 1. The number of carboxylic acid groups (broad SMARTS) is 1. The molecule has 9 heteroatoms. The Kier molecular flexibility index (Phi) is 6.31. The molecule has 114 valence electrons. The minimum absolute atomic E-state index is 0.0956. The maximum atomic E-state index is 12.1. The summed E-state index contributed by atoms with van der Waals surface area (Å²) in [4.78, 5) is 11.1. The van der Waals surface area contributed by atoms with Crippen molar-refractivity contribution in [2.75, 3.05) is 12.0 Å². The lowest BCUT2D eigenvalue weighted by Crippen LogP contribution is -2.33. The molecule has 0 saturated heterocycles. The van der Waals surface area contributed by atoms with Crippen LogP contribution >= 0.6 is 11.3 Å². The fourth-order valence-corrected chi connectivity index (χ4v) is 4.80. The van der Waals surface area contributed by atoms with Crippen molar-refractivity contribution in [1.29, 1.82) is 0 Å². The van der Waals surface area contributed by atoms with E-state index in [0.717, 1.165) is 11.3 Å². The summed E-state index contributed by atoms with van der Waals surface area (Å²) in [6.45, 7) is 1.70. The van der Waals surface area contributed by atoms with Gasteiger partial charge in [0, 0.05) is 33.7 Å². The van der Waals surface area contributed by atoms with Crippen LogP contribution in [0.4, 0.5) is 0 Å². The van der Waals surface area contributed by atoms with Crippen LogP contribution in [-0.2, 0) is 32.0 Å². The lowest BCUT2D eigenvalue weighted by Gasteiger charge is -2.12. The fourth-order valence-electron chi connectivity index (χ4n) is 1.47. The van der Waals surface area contributed by atoms with Gasteiger partial charge in [0.2, 0.25) is 10.0 Å². The van der Waals surface area contributed by atoms with E-state index >= 15 is 0 Å². The highest BCUT2D eigenvalue weighted by atomic mass is 32.2. The molecule has 1 rings (SSSR count). The van der Waals surface area contributed by atoms with Crippen LogP contribution in [0.5, 0.6) is 0 Å². The van der Waals surface area contributed by atoms with Gasteiger partial charge in [-0.05, 0) is 25.5 Å². The van der Waals surface area contributed by atoms with E-state index in [1.807, 2.05) is 0 Å². The Hall–Kier alpha value is -0.770. The van der Waals surface area contributed by atoms with Gasteiger partial charge in [-0.15, -0.1) is 11.3 Å². The molecule has 0 aliphatic heterocycles. The summed E-state index contributed by atoms with van der Waals surface area (Å²) in [5, 5.41) is 8.66. The largest absolute Gasteiger partial charge is 0.481 e. The molecule has 0 bridgehead atoms. The molecule has 0 aliphatic carbocycles. The van der Waals surface area contributed by atoms with Crippen LogP contribution in [0.2, 0.25) is 0 Å². The number of carboxylic acids is 1. The van der Waals surface area contributed by atoms with E-state index < -0.39 is 26.8 Å². The first-order valence-electron chi connectivity index (χ1n) is 5.83. The lowest BCUT2D eigenvalue weighted by molar-refractivity contribution is -0.136. The molecule has 0 radical (unpaired) electrons. The van der Waals surface area contributed by atoms with Crippen molar-refractivity contribution in [3.05, 3.63) is 17.0 Å². The Balaban J connectivity index is 2.70. The van der Waals surface area contributed by atoms with Crippen LogP contribution < -0.4 is 4.72 Å². The molecule has 2 unspecified atom stereocenters. The van der Waals surface area contributed by atoms with E-state index in [2.05, 4.69) is 4.72 Å². The summed E-state index contributed by atoms with van der Waals surface area (Å²) in [7, 11) is -4.60. The molecule has 1 aromatic rings. The zero-order valence-electron chi connectivity index (χ0n) is 11.2. The first kappa shape index (κ1) is 17.3. The van der Waals surface area contributed by atoms with Crippen LogP contribution in [0.15, 0.2) is 16.3 Å². The van der Waals surface area contributed by atoms with E-state index in [4.69, 9.17) is 5.11 Å². The Bertz CT molecular complexity index is 593. The molecule has 2 atom stereocenters. The highest BCUT2D eigenvalue weighted by molar-refractivity contribution is 7.91. The summed E-state index contributed by atoms with van der Waals surface area (Å²) in [6, 6.07) is 2.57. The summed E-state index contributed by atoms with van der Waals surface area (Å²) < 4.78 is 37.7. The standard InChI is InChI=1S/C11H17NO5S3/c1-8(5-6-19(2)15)12-20(16,17)11-4-3-9(18-11)7-10(13)14/h3-4,8,12H,5-7H2,1-2H3,(H,13,14). The normalized spacial score (nSPS) is 14.9. The maximum absolute atomic E-state index is 12.1. The lowest BCUT2D eigenvalue weighted by atomic mass is 10.3. The Morgan fingerprint density at radius 2 is 2.15 bits per heavy atom. The average molecular weight is 339 g/mol. The number of sulfonamides is 1. The van der Waals surface area contributed by atoms with E-state index in [0.29, 0.717) is 17.1 Å². The van der Waals surface area contributed by atoms with Crippen LogP contribution in [0.1, 0.15) is 18.2 Å². The van der Waals surface area contributed by atoms with Gasteiger partial charge in [-0.2, -0.15) is 0 Å². The number of carbonyl (C=O) groups is 1. The van der Waals surface area contributed by atoms with Gasteiger partial charge < -0.3 is 5.11 Å². The number of hydrogen-bond acceptors (Lipinski definition) is 5. The first-order chi connectivity index (χ1) is 9.20. The maximum Gasteiger partial charge on any atom is 0.308 e. The van der Waals surface area contributed by atoms with Crippen LogP contribution in [-0.4, -0.2) is 41.8 Å². The Morgan fingerprint density at radius 1 is 1.50 bits per heavy atom. The summed E-state index contributed by atoms with van der Waals surface area (Å²) in [5.74, 6) is -0.569. The zero-order valence-corrected chi connectivity index (χ0v) is 13.6. The van der Waals surface area contributed by atoms with Gasteiger partial charge in [-0.1, -0.05) is 0 Å². The number of hydrogen-bond donors (Lipinski definition) is 2. The highest BCUT2D eigenvalue weighted by Gasteiger charge is 2.20. The number of rotatable bonds is 8. The molecule has 0 fully saturated rings. The molecule has 0 aliphatic rings. The second-order valence-corrected chi connectivity index (χ2v) is 9.04. The third-order valence-corrected chi connectivity index (χ3v) is 6.40. The van der Waals surface area contributed by atoms with Crippen molar-refractivity contribution < 1.29 is 22.5 Å². The van der Waals surface area contributed by atoms with Gasteiger partial charge in [0.05, 0.1) is 6.42 Å². The van der Waals surface area contributed by atoms with Crippen LogP contribution in [0, 0.1) is 0 Å². The molecule has 2 N–H and O–H groups in total. The predicted molar refractivity (Wildman–Crippen MR) is 79.0 cm³/mol. The van der Waals surface area contributed by atoms with E-state index in [9.17, 15) is 17.4 Å². The van der Waals surface area contributed by atoms with Crippen molar-refractivity contribution in [2.45, 2.75) is 30.0 Å². The van der Waals surface area contributed by atoms with E-state index in [1.54, 1.807) is 13.2 Å². The quantitative estimate of drug-likeness (QED) is 0.730. The predicted octanol–water partition coefficient (Wildman–Crippen LogP) is 0.811. The third-order valence-electron chi connectivity index (χ3n) is 2.42. The summed E-state index contributed by atoms with van der Waals surface area (Å²) in [5.41, 5.74) is 0. The molecular formula is C11H17NO5S3. The van der Waals surface area contributed by atoms with Gasteiger partial charge in [-0.3, -0.25) is 9.00 Å². The van der Waals surface area contributed by atoms with Crippen molar-refractivity contribution >= 4 is 38.1 Å². The molecule has 20 heavy (non-hydrogen) atoms. The second kappa shape index (κ2) is 7.30. The Labute approximate surface area is 124 Å². The van der Waals surface area contributed by atoms with Crippen molar-refractivity contribution in [3.63, 3.8) is 0 Å². The van der Waals surface area contributed by atoms with Crippen LogP contribution in [0.25, 0.3) is 0 Å². The third kappa shape index (κ3) is 5.70. The molecule has 6 nitrogen and oxygen atoms in total. The van der Waals surface area contributed by atoms with Crippen molar-refractivity contribution in [3.8, 4) is 0 Å². The summed E-state index contributed by atoms with van der Waals surface area (Å²) >= 11 is 0.943. The SMILES string of the molecule is CC(CCS(C)=O)NS(=O)(=O)c1ccc(CC(=O)O)s1. The Morgan fingerprint density at radius 3 is 2.70 bits per heavy atom. The fraction of sp³-hybridized carbons (Fsp3) is 0.545. The molecule has 0 aromatic carbocycles. The van der Waals surface area contributed by atoms with Gasteiger partial charge >= 0.3 is 5.97 Å². The van der Waals surface area contributed by atoms with Gasteiger partial charge in [0.25, 0.3) is 0 Å². The summed E-state index contributed by atoms with van der Waals surface area (Å²) in [6.07, 6.45) is 1.86. The molecular weight excluding hydrogens is 322 g/mol.